The van der Waals surface area contributed by atoms with Crippen molar-refractivity contribution >= 4 is 5.97 Å². The van der Waals surface area contributed by atoms with E-state index in [1.54, 1.807) is 0 Å². The van der Waals surface area contributed by atoms with Gasteiger partial charge in [0.15, 0.2) is 0 Å². The van der Waals surface area contributed by atoms with Gasteiger partial charge in [0.05, 0.1) is 0 Å². The molecule has 2 heteroatoms. The van der Waals surface area contributed by atoms with Gasteiger partial charge in [-0.25, -0.2) is 0 Å². The van der Waals surface area contributed by atoms with Crippen molar-refractivity contribution in [3.63, 3.8) is 0 Å². The number of aliphatic carboxylic acids is 1. The van der Waals surface area contributed by atoms with Crippen LogP contribution in [0.1, 0.15) is 84.0 Å². The molecule has 0 atom stereocenters. The molecule has 0 unspecified atom stereocenters. The van der Waals surface area contributed by atoms with E-state index < -0.39 is 5.97 Å². The number of unbranched alkanes of at least 4 members (excludes halogenated alkanes) is 7. The normalized spacial score (nSPS) is 12.0. The summed E-state index contributed by atoms with van der Waals surface area (Å²) in [5, 5.41) is 8.52. The van der Waals surface area contributed by atoms with Gasteiger partial charge in [-0.2, -0.15) is 0 Å². The Balaban J connectivity index is 3.29. The van der Waals surface area contributed by atoms with Crippen LogP contribution < -0.4 is 0 Å². The van der Waals surface area contributed by atoms with E-state index in [9.17, 15) is 4.79 Å². The van der Waals surface area contributed by atoms with E-state index in [0.29, 0.717) is 6.42 Å². The van der Waals surface area contributed by atoms with Crippen molar-refractivity contribution in [3.8, 4) is 0 Å². The van der Waals surface area contributed by atoms with Crippen molar-refractivity contribution < 1.29 is 9.90 Å². The van der Waals surface area contributed by atoms with Crippen LogP contribution in [0.3, 0.4) is 0 Å². The quantitative estimate of drug-likeness (QED) is 0.279. The van der Waals surface area contributed by atoms with Gasteiger partial charge in [0.25, 0.3) is 0 Å². The largest absolute Gasteiger partial charge is 0.481 e. The molecule has 0 aliphatic carbocycles. The Morgan fingerprint density at radius 1 is 0.727 bits per heavy atom. The minimum absolute atomic E-state index is 0.313. The van der Waals surface area contributed by atoms with Crippen LogP contribution in [-0.4, -0.2) is 11.1 Å². The fraction of sp³-hybridized carbons (Fsp3) is 0.650. The molecule has 0 heterocycles. The Bertz CT molecular complexity index is 327. The molecule has 0 radical (unpaired) electrons. The average Bonchev–Trinajstić information content (AvgIpc) is 2.50. The molecule has 2 nitrogen and oxygen atoms in total. The summed E-state index contributed by atoms with van der Waals surface area (Å²) in [6.07, 6.45) is 26.3. The lowest BCUT2D eigenvalue weighted by molar-refractivity contribution is -0.137. The van der Waals surface area contributed by atoms with Crippen molar-refractivity contribution in [2.24, 2.45) is 0 Å². The lowest BCUT2D eigenvalue weighted by atomic mass is 10.1. The van der Waals surface area contributed by atoms with Gasteiger partial charge in [0.2, 0.25) is 0 Å². The maximum Gasteiger partial charge on any atom is 0.303 e. The van der Waals surface area contributed by atoms with Gasteiger partial charge in [-0.15, -0.1) is 0 Å². The molecule has 0 rings (SSSR count). The van der Waals surface area contributed by atoms with E-state index in [1.165, 1.54) is 32.1 Å². The molecule has 0 saturated carbocycles. The third kappa shape index (κ3) is 18.7. The van der Waals surface area contributed by atoms with Crippen molar-refractivity contribution in [2.75, 3.05) is 0 Å². The average molecular weight is 306 g/mol. The first-order valence-electron chi connectivity index (χ1n) is 8.94. The molecule has 22 heavy (non-hydrogen) atoms. The van der Waals surface area contributed by atoms with E-state index in [-0.39, 0.29) is 0 Å². The molecule has 0 saturated heterocycles. The molecule has 0 fully saturated rings. The highest BCUT2D eigenvalue weighted by molar-refractivity contribution is 5.66. The van der Waals surface area contributed by atoms with Crippen LogP contribution in [0.25, 0.3) is 0 Å². The SMILES string of the molecule is CCCCCC=CCC=CC/C=C/CCCCCCC(=O)O. The summed E-state index contributed by atoms with van der Waals surface area (Å²) in [4.78, 5) is 10.3. The predicted molar refractivity (Wildman–Crippen MR) is 96.1 cm³/mol. The molecule has 0 aromatic rings. The van der Waals surface area contributed by atoms with Crippen LogP contribution in [0.4, 0.5) is 0 Å². The van der Waals surface area contributed by atoms with Crippen LogP contribution in [0, 0.1) is 0 Å². The molecular weight excluding hydrogens is 272 g/mol. The Hall–Kier alpha value is -1.31. The summed E-state index contributed by atoms with van der Waals surface area (Å²) in [6, 6.07) is 0. The molecule has 0 amide bonds. The van der Waals surface area contributed by atoms with Crippen molar-refractivity contribution in [1.29, 1.82) is 0 Å². The van der Waals surface area contributed by atoms with E-state index in [4.69, 9.17) is 5.11 Å². The Labute approximate surface area is 137 Å². The topological polar surface area (TPSA) is 37.3 Å². The highest BCUT2D eigenvalue weighted by atomic mass is 16.4. The lowest BCUT2D eigenvalue weighted by Gasteiger charge is -1.96. The first-order valence-corrected chi connectivity index (χ1v) is 8.94. The smallest absolute Gasteiger partial charge is 0.303 e. The number of rotatable bonds is 15. The minimum Gasteiger partial charge on any atom is -0.481 e. The number of carboxylic acids is 1. The van der Waals surface area contributed by atoms with Crippen LogP contribution >= 0.6 is 0 Å². The highest BCUT2D eigenvalue weighted by Gasteiger charge is 1.95. The second-order valence-corrected chi connectivity index (χ2v) is 5.73. The zero-order chi connectivity index (χ0) is 16.3. The molecule has 126 valence electrons. The van der Waals surface area contributed by atoms with Crippen molar-refractivity contribution in [3.05, 3.63) is 36.5 Å². The summed E-state index contributed by atoms with van der Waals surface area (Å²) in [5.41, 5.74) is 0. The van der Waals surface area contributed by atoms with Gasteiger partial charge in [0, 0.05) is 6.42 Å². The Kier molecular flexibility index (Phi) is 16.7. The zero-order valence-electron chi connectivity index (χ0n) is 14.3. The third-order valence-electron chi connectivity index (χ3n) is 3.53. The predicted octanol–water partition coefficient (Wildman–Crippen LogP) is 6.44. The van der Waals surface area contributed by atoms with E-state index in [1.807, 2.05) is 0 Å². The molecular formula is C20H34O2. The van der Waals surface area contributed by atoms with Gasteiger partial charge in [-0.1, -0.05) is 69.1 Å². The highest BCUT2D eigenvalue weighted by Crippen LogP contribution is 2.06. The van der Waals surface area contributed by atoms with Gasteiger partial charge in [-0.3, -0.25) is 4.79 Å². The van der Waals surface area contributed by atoms with Crippen molar-refractivity contribution in [2.45, 2.75) is 84.0 Å². The zero-order valence-corrected chi connectivity index (χ0v) is 14.3. The van der Waals surface area contributed by atoms with E-state index in [2.05, 4.69) is 43.4 Å². The number of hydrogen-bond donors (Lipinski definition) is 1. The van der Waals surface area contributed by atoms with E-state index in [0.717, 1.165) is 38.5 Å². The minimum atomic E-state index is -0.678. The molecule has 0 aliphatic heterocycles. The lowest BCUT2D eigenvalue weighted by Crippen LogP contribution is -1.93. The van der Waals surface area contributed by atoms with Gasteiger partial charge in [0.1, 0.15) is 0 Å². The summed E-state index contributed by atoms with van der Waals surface area (Å²) in [7, 11) is 0. The number of hydrogen-bond acceptors (Lipinski definition) is 1. The second kappa shape index (κ2) is 17.7. The van der Waals surface area contributed by atoms with Crippen LogP contribution in [-0.2, 0) is 4.79 Å². The monoisotopic (exact) mass is 306 g/mol. The van der Waals surface area contributed by atoms with E-state index >= 15 is 0 Å². The maximum absolute atomic E-state index is 10.3. The maximum atomic E-state index is 10.3. The summed E-state index contributed by atoms with van der Waals surface area (Å²) < 4.78 is 0. The number of allylic oxidation sites excluding steroid dienone is 6. The third-order valence-corrected chi connectivity index (χ3v) is 3.53. The summed E-state index contributed by atoms with van der Waals surface area (Å²) >= 11 is 0. The molecule has 1 N–H and O–H groups in total. The second-order valence-electron chi connectivity index (χ2n) is 5.73. The van der Waals surface area contributed by atoms with Crippen LogP contribution in [0.2, 0.25) is 0 Å². The van der Waals surface area contributed by atoms with Gasteiger partial charge >= 0.3 is 5.97 Å². The summed E-state index contributed by atoms with van der Waals surface area (Å²) in [5.74, 6) is -0.678. The molecule has 0 aromatic carbocycles. The Morgan fingerprint density at radius 2 is 1.23 bits per heavy atom. The number of carbonyl (C=O) groups is 1. The van der Waals surface area contributed by atoms with Crippen molar-refractivity contribution in [1.82, 2.24) is 0 Å². The molecule has 0 bridgehead atoms. The fourth-order valence-electron chi connectivity index (χ4n) is 2.18. The number of carboxylic acid groups (broad SMARTS) is 1. The Morgan fingerprint density at radius 3 is 1.77 bits per heavy atom. The molecule has 0 spiro atoms. The van der Waals surface area contributed by atoms with Gasteiger partial charge < -0.3 is 5.11 Å². The van der Waals surface area contributed by atoms with Gasteiger partial charge in [-0.05, 0) is 44.9 Å². The summed E-state index contributed by atoms with van der Waals surface area (Å²) in [6.45, 7) is 2.24. The fourth-order valence-corrected chi connectivity index (χ4v) is 2.18. The first-order chi connectivity index (χ1) is 10.8. The standard InChI is InChI=1S/C20H34O2/c1-2-3-4-5-6-7-8-9-10-11-12-13-14-15-16-17-18-19-20(21)22/h6-7,9-10,12-13H,2-5,8,11,14-19H2,1H3,(H,21,22)/b7-6?,10-9?,13-12+. The van der Waals surface area contributed by atoms with Crippen LogP contribution in [0.15, 0.2) is 36.5 Å². The molecule has 0 aromatic heterocycles. The molecule has 0 aliphatic rings. The first kappa shape index (κ1) is 20.7. The van der Waals surface area contributed by atoms with Crippen LogP contribution in [0.5, 0.6) is 0 Å².